The third-order valence-electron chi connectivity index (χ3n) is 2.49. The summed E-state index contributed by atoms with van der Waals surface area (Å²) in [5, 5.41) is 10.8. The fourth-order valence-electron chi connectivity index (χ4n) is 1.75. The van der Waals surface area contributed by atoms with Gasteiger partial charge in [0.25, 0.3) is 0 Å². The molecule has 0 aliphatic carbocycles. The monoisotopic (exact) mass is 268 g/mol. The molecule has 0 bridgehead atoms. The Balaban J connectivity index is 1.94. The van der Waals surface area contributed by atoms with Crippen LogP contribution in [0.25, 0.3) is 10.4 Å². The SMILES string of the molecule is Cc1cc(Nc2nccnn2)cc(-c2cn[c]s2)c1. The Kier molecular flexibility index (Phi) is 3.16. The lowest BCUT2D eigenvalue weighted by Crippen LogP contribution is -1.98. The van der Waals surface area contributed by atoms with Crippen LogP contribution in [0.3, 0.4) is 0 Å². The molecule has 0 amide bonds. The predicted molar refractivity (Wildman–Crippen MR) is 74.2 cm³/mol. The van der Waals surface area contributed by atoms with Crippen LogP contribution in [0.4, 0.5) is 11.6 Å². The van der Waals surface area contributed by atoms with Crippen molar-refractivity contribution < 1.29 is 0 Å². The van der Waals surface area contributed by atoms with E-state index in [4.69, 9.17) is 0 Å². The number of anilines is 2. The highest BCUT2D eigenvalue weighted by Gasteiger charge is 2.04. The van der Waals surface area contributed by atoms with Gasteiger partial charge < -0.3 is 5.32 Å². The minimum Gasteiger partial charge on any atom is -0.323 e. The molecule has 0 fully saturated rings. The summed E-state index contributed by atoms with van der Waals surface area (Å²) in [6.45, 7) is 2.05. The number of rotatable bonds is 3. The largest absolute Gasteiger partial charge is 0.323 e. The molecule has 1 radical (unpaired) electrons. The van der Waals surface area contributed by atoms with Crippen LogP contribution in [0.5, 0.6) is 0 Å². The van der Waals surface area contributed by atoms with E-state index in [0.717, 1.165) is 21.7 Å². The van der Waals surface area contributed by atoms with E-state index in [0.29, 0.717) is 5.95 Å². The zero-order valence-electron chi connectivity index (χ0n) is 10.2. The Bertz CT molecular complexity index is 667. The number of hydrogen-bond acceptors (Lipinski definition) is 6. The van der Waals surface area contributed by atoms with Crippen molar-refractivity contribution in [3.05, 3.63) is 47.9 Å². The topological polar surface area (TPSA) is 63.6 Å². The van der Waals surface area contributed by atoms with Crippen molar-refractivity contribution in [3.63, 3.8) is 0 Å². The van der Waals surface area contributed by atoms with Gasteiger partial charge in [0.2, 0.25) is 5.95 Å². The van der Waals surface area contributed by atoms with E-state index < -0.39 is 0 Å². The molecule has 1 aromatic carbocycles. The maximum Gasteiger partial charge on any atom is 0.247 e. The van der Waals surface area contributed by atoms with Gasteiger partial charge in [-0.15, -0.1) is 16.4 Å². The van der Waals surface area contributed by atoms with Crippen LogP contribution < -0.4 is 5.32 Å². The molecule has 3 aromatic rings. The molecule has 0 aliphatic heterocycles. The lowest BCUT2D eigenvalue weighted by atomic mass is 10.1. The summed E-state index contributed by atoms with van der Waals surface area (Å²) in [6.07, 6.45) is 4.95. The Morgan fingerprint density at radius 3 is 2.89 bits per heavy atom. The van der Waals surface area contributed by atoms with Crippen molar-refractivity contribution >= 4 is 23.0 Å². The molecule has 19 heavy (non-hydrogen) atoms. The van der Waals surface area contributed by atoms with Crippen LogP contribution in [-0.4, -0.2) is 20.2 Å². The zero-order valence-corrected chi connectivity index (χ0v) is 11.0. The summed E-state index contributed by atoms with van der Waals surface area (Å²) in [5.74, 6) is 0.481. The first-order valence-corrected chi connectivity index (χ1v) is 6.47. The first-order valence-electron chi connectivity index (χ1n) is 5.66. The molecule has 0 saturated heterocycles. The fourth-order valence-corrected chi connectivity index (χ4v) is 2.30. The molecule has 0 aliphatic rings. The van der Waals surface area contributed by atoms with Crippen LogP contribution in [0.1, 0.15) is 5.56 Å². The minimum atomic E-state index is 0.481. The van der Waals surface area contributed by atoms with Gasteiger partial charge in [0.15, 0.2) is 5.51 Å². The van der Waals surface area contributed by atoms with Crippen LogP contribution in [0, 0.1) is 12.4 Å². The van der Waals surface area contributed by atoms with E-state index in [1.807, 2.05) is 25.3 Å². The van der Waals surface area contributed by atoms with Crippen molar-refractivity contribution in [2.75, 3.05) is 5.32 Å². The van der Waals surface area contributed by atoms with Gasteiger partial charge in [-0.3, -0.25) is 0 Å². The molecule has 0 atom stereocenters. The number of nitrogens with one attached hydrogen (secondary N) is 1. The Morgan fingerprint density at radius 1 is 1.21 bits per heavy atom. The van der Waals surface area contributed by atoms with E-state index in [-0.39, 0.29) is 0 Å². The second-order valence-electron chi connectivity index (χ2n) is 3.99. The van der Waals surface area contributed by atoms with Gasteiger partial charge in [0, 0.05) is 11.9 Å². The van der Waals surface area contributed by atoms with E-state index >= 15 is 0 Å². The number of thiazole rings is 1. The summed E-state index contributed by atoms with van der Waals surface area (Å²) in [7, 11) is 0. The van der Waals surface area contributed by atoms with Crippen LogP contribution in [0.2, 0.25) is 0 Å². The average molecular weight is 268 g/mol. The normalized spacial score (nSPS) is 10.4. The predicted octanol–water partition coefficient (Wildman–Crippen LogP) is 2.85. The van der Waals surface area contributed by atoms with E-state index in [1.54, 1.807) is 12.4 Å². The van der Waals surface area contributed by atoms with Gasteiger partial charge in [-0.25, -0.2) is 9.97 Å². The summed E-state index contributed by atoms with van der Waals surface area (Å²) >= 11 is 1.49. The second kappa shape index (κ2) is 5.11. The molecule has 6 heteroatoms. The molecular weight excluding hydrogens is 258 g/mol. The maximum atomic E-state index is 4.10. The fraction of sp³-hybridized carbons (Fsp3) is 0.0769. The highest BCUT2D eigenvalue weighted by molar-refractivity contribution is 7.12. The van der Waals surface area contributed by atoms with Gasteiger partial charge in [-0.2, -0.15) is 5.10 Å². The third kappa shape index (κ3) is 2.74. The van der Waals surface area contributed by atoms with Gasteiger partial charge in [-0.1, -0.05) is 6.07 Å². The zero-order chi connectivity index (χ0) is 13.1. The molecule has 0 saturated carbocycles. The van der Waals surface area contributed by atoms with Crippen LogP contribution in [0.15, 0.2) is 36.8 Å². The number of nitrogens with zero attached hydrogens (tertiary/aromatic N) is 4. The summed E-state index contributed by atoms with van der Waals surface area (Å²) in [5.41, 5.74) is 6.03. The lowest BCUT2D eigenvalue weighted by Gasteiger charge is -2.07. The van der Waals surface area contributed by atoms with Gasteiger partial charge in [0.05, 0.1) is 17.3 Å². The number of aromatic nitrogens is 4. The van der Waals surface area contributed by atoms with Gasteiger partial charge in [0.1, 0.15) is 0 Å². The lowest BCUT2D eigenvalue weighted by molar-refractivity contribution is 0.978. The van der Waals surface area contributed by atoms with Crippen molar-refractivity contribution in [1.29, 1.82) is 0 Å². The highest BCUT2D eigenvalue weighted by atomic mass is 32.1. The maximum absolute atomic E-state index is 4.10. The third-order valence-corrected chi connectivity index (χ3v) is 3.25. The highest BCUT2D eigenvalue weighted by Crippen LogP contribution is 2.27. The molecule has 5 nitrogen and oxygen atoms in total. The number of aryl methyl sites for hydroxylation is 1. The summed E-state index contributed by atoms with van der Waals surface area (Å²) < 4.78 is 0. The quantitative estimate of drug-likeness (QED) is 0.791. The van der Waals surface area contributed by atoms with E-state index in [9.17, 15) is 0 Å². The minimum absolute atomic E-state index is 0.481. The summed E-state index contributed by atoms with van der Waals surface area (Å²) in [4.78, 5) is 9.16. The van der Waals surface area contributed by atoms with E-state index in [2.05, 4.69) is 37.1 Å². The smallest absolute Gasteiger partial charge is 0.247 e. The van der Waals surface area contributed by atoms with Crippen molar-refractivity contribution in [3.8, 4) is 10.4 Å². The molecule has 2 heterocycles. The van der Waals surface area contributed by atoms with Crippen molar-refractivity contribution in [2.24, 2.45) is 0 Å². The molecule has 1 N–H and O–H groups in total. The van der Waals surface area contributed by atoms with Crippen molar-refractivity contribution in [1.82, 2.24) is 20.2 Å². The molecule has 3 rings (SSSR count). The first-order chi connectivity index (χ1) is 9.31. The molecule has 0 unspecified atom stereocenters. The molecular formula is C13H10N5S. The average Bonchev–Trinajstić information content (AvgIpc) is 2.93. The Morgan fingerprint density at radius 2 is 2.16 bits per heavy atom. The summed E-state index contributed by atoms with van der Waals surface area (Å²) in [6, 6.07) is 6.17. The second-order valence-corrected chi connectivity index (χ2v) is 4.82. The number of benzene rings is 1. The molecule has 93 valence electrons. The van der Waals surface area contributed by atoms with Gasteiger partial charge in [-0.05, 0) is 30.2 Å². The van der Waals surface area contributed by atoms with Crippen LogP contribution in [-0.2, 0) is 0 Å². The van der Waals surface area contributed by atoms with Gasteiger partial charge >= 0.3 is 0 Å². The molecule has 2 aromatic heterocycles. The first kappa shape index (κ1) is 11.7. The van der Waals surface area contributed by atoms with Crippen LogP contribution >= 0.6 is 11.3 Å². The Labute approximate surface area is 114 Å². The van der Waals surface area contributed by atoms with E-state index in [1.165, 1.54) is 11.3 Å². The standard InChI is InChI=1S/C13H10N5S/c1-9-4-10(12-7-14-8-19-12)6-11(5-9)17-13-15-2-3-16-18-13/h2-7H,1H3,(H,15,17,18). The molecule has 0 spiro atoms. The van der Waals surface area contributed by atoms with Crippen molar-refractivity contribution in [2.45, 2.75) is 6.92 Å². The number of hydrogen-bond donors (Lipinski definition) is 1. The Hall–Kier alpha value is -2.34.